The van der Waals surface area contributed by atoms with Crippen LogP contribution in [0.25, 0.3) is 4.90 Å². The van der Waals surface area contributed by atoms with Gasteiger partial charge in [0.25, 0.3) is 5.88 Å². The number of H-pyrrole nitrogens is 2. The van der Waals surface area contributed by atoms with Crippen molar-refractivity contribution in [2.75, 3.05) is 20.1 Å². The number of rotatable bonds is 5. The predicted octanol–water partition coefficient (Wildman–Crippen LogP) is 3.51. The number of halogens is 2. The van der Waals surface area contributed by atoms with Crippen molar-refractivity contribution in [3.8, 4) is 33.8 Å². The van der Waals surface area contributed by atoms with Gasteiger partial charge in [-0.3, -0.25) is 0 Å². The van der Waals surface area contributed by atoms with Gasteiger partial charge in [-0.2, -0.15) is 0 Å². The number of aromatic amines is 2. The first-order valence-electron chi connectivity index (χ1n) is 7.52. The molecule has 0 fully saturated rings. The minimum absolute atomic E-state index is 0.0788. The number of hydrogen-bond donors (Lipinski definition) is 4. The molecule has 0 aliphatic rings. The second-order valence-corrected chi connectivity index (χ2v) is 6.81. The summed E-state index contributed by atoms with van der Waals surface area (Å²) in [5, 5.41) is 14.2. The van der Waals surface area contributed by atoms with Crippen LogP contribution in [0, 0.1) is 11.6 Å². The van der Waals surface area contributed by atoms with Crippen LogP contribution in [-0.4, -0.2) is 33.8 Å². The molecule has 8 nitrogen and oxygen atoms in total. The number of methoxy groups -OCH3 is 2. The molecule has 0 spiro atoms. The Labute approximate surface area is 155 Å². The van der Waals surface area contributed by atoms with Gasteiger partial charge in [0.05, 0.1) is 14.2 Å². The zero-order valence-electron chi connectivity index (χ0n) is 14.3. The second-order valence-electron chi connectivity index (χ2n) is 5.25. The highest BCUT2D eigenvalue weighted by molar-refractivity contribution is 7.33. The average Bonchev–Trinajstić information content (AvgIpc) is 2.64. The van der Waals surface area contributed by atoms with E-state index in [1.807, 2.05) is 0 Å². The van der Waals surface area contributed by atoms with Gasteiger partial charge in [0, 0.05) is 18.2 Å². The first kappa shape index (κ1) is 18.5. The Bertz CT molecular complexity index is 981. The number of nitrogens with zero attached hydrogens (tertiary/aromatic N) is 1. The molecular formula is C16H17F2N4O4S+. The Hall–Kier alpha value is -3.34. The molecule has 1 heterocycles. The molecule has 144 valence electrons. The fourth-order valence-corrected chi connectivity index (χ4v) is 3.58. The van der Waals surface area contributed by atoms with Gasteiger partial charge >= 0.3 is 0 Å². The van der Waals surface area contributed by atoms with Crippen LogP contribution in [0.1, 0.15) is 0 Å². The number of nitrogens with one attached hydrogen (secondary N) is 2. The minimum Gasteiger partial charge on any atom is -0.502 e. The van der Waals surface area contributed by atoms with Gasteiger partial charge in [0.15, 0.2) is 23.1 Å². The highest BCUT2D eigenvalue weighted by Gasteiger charge is 2.20. The molecule has 0 aliphatic heterocycles. The lowest BCUT2D eigenvalue weighted by molar-refractivity contribution is 0.340. The van der Waals surface area contributed by atoms with E-state index in [-0.39, 0.29) is 28.9 Å². The van der Waals surface area contributed by atoms with Gasteiger partial charge < -0.3 is 25.2 Å². The Balaban J connectivity index is 2.05. The van der Waals surface area contributed by atoms with Gasteiger partial charge in [-0.25, -0.2) is 13.9 Å². The maximum absolute atomic E-state index is 13.8. The standard InChI is InChI=1S/C16H16F2N4O4S/c1-24-13-6-10(7-14(25-2)16(13)23)27-8-15(20-22(19)21-27)26-12-5-9(17)3-4-11(12)18/h3-8,20-21H,19H2,1-2H3/p+1. The van der Waals surface area contributed by atoms with Gasteiger partial charge in [-0.05, 0) is 12.1 Å². The van der Waals surface area contributed by atoms with Crippen molar-refractivity contribution in [3.63, 3.8) is 0 Å². The summed E-state index contributed by atoms with van der Waals surface area (Å²) >= 11 is 0. The first-order chi connectivity index (χ1) is 12.9. The summed E-state index contributed by atoms with van der Waals surface area (Å²) in [6.45, 7) is 0. The lowest BCUT2D eigenvalue weighted by Gasteiger charge is -2.10. The smallest absolute Gasteiger partial charge is 0.271 e. The van der Waals surface area contributed by atoms with Crippen LogP contribution in [0.3, 0.4) is 0 Å². The third-order valence-corrected chi connectivity index (χ3v) is 5.06. The van der Waals surface area contributed by atoms with Crippen molar-refractivity contribution in [2.24, 2.45) is 0 Å². The summed E-state index contributed by atoms with van der Waals surface area (Å²) in [5.74, 6) is 4.43. The van der Waals surface area contributed by atoms with E-state index in [9.17, 15) is 13.9 Å². The zero-order valence-corrected chi connectivity index (χ0v) is 15.1. The van der Waals surface area contributed by atoms with Crippen LogP contribution < -0.4 is 20.1 Å². The molecule has 1 atom stereocenters. The molecule has 0 amide bonds. The highest BCUT2D eigenvalue weighted by Crippen LogP contribution is 2.43. The summed E-state index contributed by atoms with van der Waals surface area (Å²) in [6, 6.07) is 6.04. The molecule has 2 aromatic carbocycles. The van der Waals surface area contributed by atoms with Gasteiger partial charge in [-0.1, -0.05) is 9.39 Å². The Morgan fingerprint density at radius 2 is 1.74 bits per heavy atom. The molecule has 5 N–H and O–H groups in total. The molecule has 0 saturated carbocycles. The van der Waals surface area contributed by atoms with Crippen molar-refractivity contribution in [2.45, 2.75) is 0 Å². The van der Waals surface area contributed by atoms with E-state index < -0.39 is 22.3 Å². The largest absolute Gasteiger partial charge is 0.502 e. The van der Waals surface area contributed by atoms with Gasteiger partial charge in [-0.15, -0.1) is 0 Å². The van der Waals surface area contributed by atoms with Crippen molar-refractivity contribution < 1.29 is 28.1 Å². The van der Waals surface area contributed by atoms with Crippen LogP contribution in [0.15, 0.2) is 35.7 Å². The normalized spacial score (nSPS) is 11.2. The Morgan fingerprint density at radius 3 is 2.37 bits per heavy atom. The molecule has 1 unspecified atom stereocenters. The quantitative estimate of drug-likeness (QED) is 0.388. The van der Waals surface area contributed by atoms with Crippen LogP contribution in [0.2, 0.25) is 0 Å². The van der Waals surface area contributed by atoms with Gasteiger partial charge in [0.1, 0.15) is 16.5 Å². The van der Waals surface area contributed by atoms with Crippen LogP contribution >= 0.6 is 10.7 Å². The average molecular weight is 399 g/mol. The first-order valence-corrected chi connectivity index (χ1v) is 8.80. The number of nitrogens with two attached hydrogens (primary N) is 1. The van der Waals surface area contributed by atoms with Crippen LogP contribution in [0.4, 0.5) is 8.78 Å². The summed E-state index contributed by atoms with van der Waals surface area (Å²) in [4.78, 5) is 1.65. The molecule has 0 aliphatic carbocycles. The number of phenolic OH excluding ortho intramolecular Hbond substituents is 1. The number of phenols is 1. The fourth-order valence-electron chi connectivity index (χ4n) is 2.25. The molecule has 0 saturated heterocycles. The third kappa shape index (κ3) is 3.92. The zero-order chi connectivity index (χ0) is 19.6. The van der Waals surface area contributed by atoms with Crippen molar-refractivity contribution in [3.05, 3.63) is 47.3 Å². The molecule has 3 aromatic rings. The number of aromatic hydroxyl groups is 1. The number of ether oxygens (including phenoxy) is 3. The minimum atomic E-state index is -0.872. The SMILES string of the molecule is COc1cc(-[s+]2cc(Oc3cc(F)ccc3F)[nH]n(N)[nH]2)cc(OC)c1O. The summed E-state index contributed by atoms with van der Waals surface area (Å²) in [5.41, 5.74) is 0. The van der Waals surface area contributed by atoms with E-state index >= 15 is 0 Å². The maximum atomic E-state index is 13.8. The molecule has 27 heavy (non-hydrogen) atoms. The molecule has 1 aromatic heterocycles. The van der Waals surface area contributed by atoms with E-state index in [4.69, 9.17) is 20.1 Å². The molecule has 0 bridgehead atoms. The number of aromatic nitrogens is 3. The lowest BCUT2D eigenvalue weighted by Crippen LogP contribution is -2.16. The van der Waals surface area contributed by atoms with Crippen molar-refractivity contribution >= 4 is 10.7 Å². The van der Waals surface area contributed by atoms with Crippen LogP contribution in [0.5, 0.6) is 28.9 Å². The molecule has 3 rings (SSSR count). The second kappa shape index (κ2) is 7.50. The maximum Gasteiger partial charge on any atom is 0.271 e. The summed E-state index contributed by atoms with van der Waals surface area (Å²) in [6.07, 6.45) is 0. The summed E-state index contributed by atoms with van der Waals surface area (Å²) < 4.78 is 45.7. The number of benzene rings is 2. The Morgan fingerprint density at radius 1 is 1.07 bits per heavy atom. The molecule has 11 heteroatoms. The molecular weight excluding hydrogens is 382 g/mol. The van der Waals surface area contributed by atoms with Gasteiger partial charge in [0.2, 0.25) is 16.0 Å². The fraction of sp³-hybridized carbons (Fsp3) is 0.125. The molecule has 0 radical (unpaired) electrons. The lowest BCUT2D eigenvalue weighted by atomic mass is 10.3. The Kier molecular flexibility index (Phi) is 5.12. The van der Waals surface area contributed by atoms with Crippen molar-refractivity contribution in [1.82, 2.24) is 14.5 Å². The van der Waals surface area contributed by atoms with Crippen molar-refractivity contribution in [1.29, 1.82) is 0 Å². The van der Waals surface area contributed by atoms with E-state index in [0.29, 0.717) is 4.90 Å². The van der Waals surface area contributed by atoms with E-state index in [2.05, 4.69) is 9.59 Å². The van der Waals surface area contributed by atoms with Crippen LogP contribution in [-0.2, 0) is 0 Å². The van der Waals surface area contributed by atoms with E-state index in [1.165, 1.54) is 14.2 Å². The topological polar surface area (TPSA) is 110 Å². The number of nitrogen functional groups attached to an aromatic ring is 1. The summed E-state index contributed by atoms with van der Waals surface area (Å²) in [7, 11) is 1.94. The predicted molar refractivity (Wildman–Crippen MR) is 95.9 cm³/mol. The third-order valence-electron chi connectivity index (χ3n) is 3.47. The number of hydrogen-bond acceptors (Lipinski definition) is 5. The van der Waals surface area contributed by atoms with E-state index in [1.54, 1.807) is 17.5 Å². The monoisotopic (exact) mass is 399 g/mol. The highest BCUT2D eigenvalue weighted by atomic mass is 32.2. The van der Waals surface area contributed by atoms with E-state index in [0.717, 1.165) is 23.1 Å².